The number of hydrogen-bond acceptors (Lipinski definition) is 4. The molecule has 0 aromatic heterocycles. The Hall–Kier alpha value is -2.28. The number of carboxylic acids is 1. The van der Waals surface area contributed by atoms with Crippen LogP contribution < -0.4 is 5.32 Å². The molecule has 1 rings (SSSR count). The van der Waals surface area contributed by atoms with Crippen LogP contribution >= 0.6 is 0 Å². The van der Waals surface area contributed by atoms with E-state index in [0.717, 1.165) is 0 Å². The number of hydrogen-bond donors (Lipinski definition) is 2. The molecule has 0 saturated carbocycles. The first-order valence-electron chi connectivity index (χ1n) is 6.79. The molecule has 0 aromatic rings. The number of carbonyl (C=O) groups is 3. The van der Waals surface area contributed by atoms with Gasteiger partial charge in [-0.3, -0.25) is 9.59 Å². The van der Waals surface area contributed by atoms with Crippen LogP contribution in [0, 0.1) is 5.92 Å². The van der Waals surface area contributed by atoms with E-state index in [4.69, 9.17) is 5.53 Å². The number of aliphatic carboxylic acids is 1. The van der Waals surface area contributed by atoms with Crippen LogP contribution in [0.15, 0.2) is 5.11 Å². The van der Waals surface area contributed by atoms with Crippen LogP contribution in [0.3, 0.4) is 0 Å². The second-order valence-electron chi connectivity index (χ2n) is 4.88. The average Bonchev–Trinajstić information content (AvgIpc) is 2.78. The second-order valence-corrected chi connectivity index (χ2v) is 4.88. The number of carboxylic acid groups (broad SMARTS) is 1. The first kappa shape index (κ1) is 16.8. The van der Waals surface area contributed by atoms with Crippen molar-refractivity contribution in [2.75, 3.05) is 19.6 Å². The third-order valence-corrected chi connectivity index (χ3v) is 3.32. The summed E-state index contributed by atoms with van der Waals surface area (Å²) in [5, 5.41) is 15.3. The van der Waals surface area contributed by atoms with Crippen molar-refractivity contribution in [3.63, 3.8) is 0 Å². The third kappa shape index (κ3) is 4.96. The Balaban J connectivity index is 2.63. The van der Waals surface area contributed by atoms with Gasteiger partial charge in [0.25, 0.3) is 0 Å². The van der Waals surface area contributed by atoms with Gasteiger partial charge in [-0.1, -0.05) is 5.11 Å². The zero-order valence-corrected chi connectivity index (χ0v) is 11.9. The van der Waals surface area contributed by atoms with Crippen LogP contribution in [0.25, 0.3) is 10.4 Å². The van der Waals surface area contributed by atoms with Crippen LogP contribution in [0.1, 0.15) is 26.2 Å². The molecule has 0 aromatic carbocycles. The van der Waals surface area contributed by atoms with Crippen molar-refractivity contribution in [3.8, 4) is 0 Å². The van der Waals surface area contributed by atoms with Crippen LogP contribution in [0.4, 0.5) is 0 Å². The van der Waals surface area contributed by atoms with Gasteiger partial charge in [0.1, 0.15) is 6.04 Å². The molecule has 0 radical (unpaired) electrons. The van der Waals surface area contributed by atoms with Gasteiger partial charge < -0.3 is 15.3 Å². The van der Waals surface area contributed by atoms with E-state index < -0.39 is 12.0 Å². The molecule has 21 heavy (non-hydrogen) atoms. The Morgan fingerprint density at radius 3 is 2.90 bits per heavy atom. The molecule has 0 bridgehead atoms. The minimum atomic E-state index is -1.13. The molecule has 1 unspecified atom stereocenters. The number of nitrogens with one attached hydrogen (secondary N) is 1. The molecule has 9 nitrogen and oxygen atoms in total. The molecule has 1 aliphatic rings. The lowest BCUT2D eigenvalue weighted by molar-refractivity contribution is -0.148. The van der Waals surface area contributed by atoms with Crippen LogP contribution in [0.5, 0.6) is 0 Å². The van der Waals surface area contributed by atoms with Crippen molar-refractivity contribution in [2.24, 2.45) is 11.0 Å². The van der Waals surface area contributed by atoms with Gasteiger partial charge in [-0.15, -0.1) is 0 Å². The maximum absolute atomic E-state index is 11.9. The minimum Gasteiger partial charge on any atom is -0.480 e. The monoisotopic (exact) mass is 297 g/mol. The van der Waals surface area contributed by atoms with E-state index in [9.17, 15) is 19.5 Å². The summed E-state index contributed by atoms with van der Waals surface area (Å²) in [7, 11) is 0. The second kappa shape index (κ2) is 8.11. The molecule has 1 fully saturated rings. The zero-order chi connectivity index (χ0) is 15.8. The topological polar surface area (TPSA) is 135 Å². The molecular weight excluding hydrogens is 278 g/mol. The molecule has 1 heterocycles. The van der Waals surface area contributed by atoms with E-state index in [1.54, 1.807) is 6.92 Å². The third-order valence-electron chi connectivity index (χ3n) is 3.32. The summed E-state index contributed by atoms with van der Waals surface area (Å²) in [5.41, 5.74) is 8.27. The fourth-order valence-electron chi connectivity index (χ4n) is 2.35. The van der Waals surface area contributed by atoms with Gasteiger partial charge in [-0.05, 0) is 24.8 Å². The summed E-state index contributed by atoms with van der Waals surface area (Å²) < 4.78 is 0. The number of azide groups is 1. The van der Waals surface area contributed by atoms with E-state index >= 15 is 0 Å². The Morgan fingerprint density at radius 2 is 2.33 bits per heavy atom. The number of carbonyl (C=O) groups excluding carboxylic acids is 2. The summed E-state index contributed by atoms with van der Waals surface area (Å²) in [6.07, 6.45) is 0.292. The van der Waals surface area contributed by atoms with Crippen LogP contribution in [-0.4, -0.2) is 53.5 Å². The molecular formula is C12H19N5O4. The average molecular weight is 297 g/mol. The summed E-state index contributed by atoms with van der Waals surface area (Å²) in [6.45, 7) is 2.66. The molecule has 2 atom stereocenters. The van der Waals surface area contributed by atoms with Gasteiger partial charge >= 0.3 is 5.97 Å². The van der Waals surface area contributed by atoms with Crippen LogP contribution in [0.2, 0.25) is 0 Å². The molecule has 9 heteroatoms. The Labute approximate surface area is 121 Å². The lowest BCUT2D eigenvalue weighted by Crippen LogP contribution is -2.43. The summed E-state index contributed by atoms with van der Waals surface area (Å²) in [6, 6.07) is -1.02. The molecule has 0 aliphatic carbocycles. The molecule has 116 valence electrons. The van der Waals surface area contributed by atoms with Gasteiger partial charge in [0.15, 0.2) is 0 Å². The van der Waals surface area contributed by atoms with E-state index in [0.29, 0.717) is 6.54 Å². The fraction of sp³-hybridized carbons (Fsp3) is 0.750. The quantitative estimate of drug-likeness (QED) is 0.383. The molecule has 1 aliphatic heterocycles. The number of likely N-dealkylation sites (tertiary alicyclic amines) is 1. The summed E-state index contributed by atoms with van der Waals surface area (Å²) in [5.74, 6) is -1.81. The Kier molecular flexibility index (Phi) is 6.48. The fourth-order valence-corrected chi connectivity index (χ4v) is 2.35. The molecule has 2 amide bonds. The number of amides is 2. The van der Waals surface area contributed by atoms with Gasteiger partial charge in [-0.2, -0.15) is 0 Å². The zero-order valence-electron chi connectivity index (χ0n) is 11.9. The minimum absolute atomic E-state index is 0.0512. The SMILES string of the molecule is CCNC(=O)CC[C@@H](C(=O)O)N1CC(CN=[N+]=[N-])CC1=O. The highest BCUT2D eigenvalue weighted by atomic mass is 16.4. The Bertz CT molecular complexity index is 461. The van der Waals surface area contributed by atoms with E-state index in [-0.39, 0.29) is 50.1 Å². The van der Waals surface area contributed by atoms with E-state index in [1.807, 2.05) is 0 Å². The van der Waals surface area contributed by atoms with Gasteiger partial charge in [0.05, 0.1) is 0 Å². The van der Waals surface area contributed by atoms with Gasteiger partial charge in [0, 0.05) is 37.4 Å². The first-order chi connectivity index (χ1) is 9.99. The Morgan fingerprint density at radius 1 is 1.62 bits per heavy atom. The highest BCUT2D eigenvalue weighted by Crippen LogP contribution is 2.22. The standard InChI is InChI=1S/C12H19N5O4/c1-2-14-10(18)4-3-9(12(20)21)17-7-8(5-11(17)19)6-15-16-13/h8-9H,2-7H2,1H3,(H,14,18)(H,20,21)/t8?,9-/m0/s1. The predicted molar refractivity (Wildman–Crippen MR) is 73.2 cm³/mol. The maximum atomic E-state index is 11.9. The predicted octanol–water partition coefficient (Wildman–Crippen LogP) is 0.515. The maximum Gasteiger partial charge on any atom is 0.326 e. The highest BCUT2D eigenvalue weighted by molar-refractivity contribution is 5.86. The lowest BCUT2D eigenvalue weighted by Gasteiger charge is -2.24. The molecule has 0 spiro atoms. The number of rotatable bonds is 8. The van der Waals surface area contributed by atoms with Crippen molar-refractivity contribution in [1.82, 2.24) is 10.2 Å². The summed E-state index contributed by atoms with van der Waals surface area (Å²) >= 11 is 0. The number of nitrogens with zero attached hydrogens (tertiary/aromatic N) is 4. The van der Waals surface area contributed by atoms with E-state index in [2.05, 4.69) is 15.3 Å². The van der Waals surface area contributed by atoms with Crippen molar-refractivity contribution >= 4 is 17.8 Å². The normalized spacial score (nSPS) is 19.0. The van der Waals surface area contributed by atoms with Gasteiger partial charge in [-0.25, -0.2) is 4.79 Å². The first-order valence-corrected chi connectivity index (χ1v) is 6.79. The largest absolute Gasteiger partial charge is 0.480 e. The highest BCUT2D eigenvalue weighted by Gasteiger charge is 2.37. The molecule has 1 saturated heterocycles. The van der Waals surface area contributed by atoms with Gasteiger partial charge in [0.2, 0.25) is 11.8 Å². The van der Waals surface area contributed by atoms with Crippen molar-refractivity contribution < 1.29 is 19.5 Å². The lowest BCUT2D eigenvalue weighted by atomic mass is 10.1. The molecule has 2 N–H and O–H groups in total. The van der Waals surface area contributed by atoms with Crippen LogP contribution in [-0.2, 0) is 14.4 Å². The van der Waals surface area contributed by atoms with Crippen molar-refractivity contribution in [1.29, 1.82) is 0 Å². The van der Waals surface area contributed by atoms with Crippen molar-refractivity contribution in [2.45, 2.75) is 32.2 Å². The summed E-state index contributed by atoms with van der Waals surface area (Å²) in [4.78, 5) is 38.5. The smallest absolute Gasteiger partial charge is 0.326 e. The van der Waals surface area contributed by atoms with Crippen molar-refractivity contribution in [3.05, 3.63) is 10.4 Å². The van der Waals surface area contributed by atoms with E-state index in [1.165, 1.54) is 4.90 Å².